The van der Waals surface area contributed by atoms with E-state index < -0.39 is 5.54 Å². The lowest BCUT2D eigenvalue weighted by molar-refractivity contribution is -0.152. The van der Waals surface area contributed by atoms with Gasteiger partial charge in [-0.05, 0) is 51.4 Å². The highest BCUT2D eigenvalue weighted by Crippen LogP contribution is 2.27. The monoisotopic (exact) mass is 269 g/mol. The quantitative estimate of drug-likeness (QED) is 0.751. The first-order chi connectivity index (χ1) is 9.03. The van der Waals surface area contributed by atoms with Gasteiger partial charge < -0.3 is 9.47 Å². The Hall–Kier alpha value is -0.610. The Kier molecular flexibility index (Phi) is 4.85. The van der Waals surface area contributed by atoms with Crippen LogP contribution in [0.15, 0.2) is 0 Å². The van der Waals surface area contributed by atoms with Crippen molar-refractivity contribution in [3.63, 3.8) is 0 Å². The molecule has 0 amide bonds. The molecule has 0 heterocycles. The summed E-state index contributed by atoms with van der Waals surface area (Å²) in [6.45, 7) is 4.60. The SMILES string of the molecule is COC(=O)C(C)(COC1CCC(C)CC1)NC1CC1. The molecule has 0 bridgehead atoms. The fraction of sp³-hybridized carbons (Fsp3) is 0.933. The summed E-state index contributed by atoms with van der Waals surface area (Å²) in [5.74, 6) is 0.597. The Morgan fingerprint density at radius 3 is 2.37 bits per heavy atom. The number of rotatable bonds is 6. The lowest BCUT2D eigenvalue weighted by Gasteiger charge is -2.32. The second-order valence-electron chi connectivity index (χ2n) is 6.44. The molecule has 2 aliphatic rings. The van der Waals surface area contributed by atoms with Crippen molar-refractivity contribution in [1.29, 1.82) is 0 Å². The maximum atomic E-state index is 12.0. The standard InChI is InChI=1S/C15H27NO3/c1-11-4-8-13(9-5-11)19-10-15(2,14(17)18-3)16-12-6-7-12/h11-13,16H,4-10H2,1-3H3. The van der Waals surface area contributed by atoms with E-state index in [1.165, 1.54) is 20.0 Å². The van der Waals surface area contributed by atoms with Crippen LogP contribution in [0.5, 0.6) is 0 Å². The molecule has 0 aromatic rings. The van der Waals surface area contributed by atoms with Gasteiger partial charge in [-0.1, -0.05) is 6.92 Å². The van der Waals surface area contributed by atoms with E-state index in [4.69, 9.17) is 9.47 Å². The van der Waals surface area contributed by atoms with Crippen LogP contribution in [0.25, 0.3) is 0 Å². The number of nitrogens with one attached hydrogen (secondary N) is 1. The summed E-state index contributed by atoms with van der Waals surface area (Å²) in [4.78, 5) is 12.0. The average Bonchev–Trinajstić information content (AvgIpc) is 3.21. The second-order valence-corrected chi connectivity index (χ2v) is 6.44. The molecule has 1 N–H and O–H groups in total. The summed E-state index contributed by atoms with van der Waals surface area (Å²) < 4.78 is 10.9. The van der Waals surface area contributed by atoms with Crippen molar-refractivity contribution in [2.75, 3.05) is 13.7 Å². The first-order valence-electron chi connectivity index (χ1n) is 7.51. The number of esters is 1. The van der Waals surface area contributed by atoms with Gasteiger partial charge in [-0.15, -0.1) is 0 Å². The van der Waals surface area contributed by atoms with Gasteiger partial charge >= 0.3 is 5.97 Å². The molecule has 2 aliphatic carbocycles. The third-order valence-electron chi connectivity index (χ3n) is 4.31. The number of hydrogen-bond acceptors (Lipinski definition) is 4. The van der Waals surface area contributed by atoms with Crippen LogP contribution in [0.4, 0.5) is 0 Å². The molecule has 4 nitrogen and oxygen atoms in total. The Labute approximate surface area is 116 Å². The number of ether oxygens (including phenoxy) is 2. The molecule has 0 spiro atoms. The molecule has 2 rings (SSSR count). The van der Waals surface area contributed by atoms with E-state index in [0.29, 0.717) is 18.8 Å². The molecule has 0 aromatic carbocycles. The molecule has 1 atom stereocenters. The Morgan fingerprint density at radius 1 is 1.21 bits per heavy atom. The zero-order valence-electron chi connectivity index (χ0n) is 12.4. The maximum absolute atomic E-state index is 12.0. The Bertz CT molecular complexity index is 309. The van der Waals surface area contributed by atoms with Crippen LogP contribution >= 0.6 is 0 Å². The van der Waals surface area contributed by atoms with Gasteiger partial charge in [0, 0.05) is 6.04 Å². The van der Waals surface area contributed by atoms with Crippen molar-refractivity contribution >= 4 is 5.97 Å². The zero-order valence-corrected chi connectivity index (χ0v) is 12.4. The van der Waals surface area contributed by atoms with Crippen LogP contribution in [0.3, 0.4) is 0 Å². The fourth-order valence-electron chi connectivity index (χ4n) is 2.74. The van der Waals surface area contributed by atoms with Crippen molar-refractivity contribution < 1.29 is 14.3 Å². The smallest absolute Gasteiger partial charge is 0.328 e. The molecule has 0 radical (unpaired) electrons. The zero-order chi connectivity index (χ0) is 13.9. The lowest BCUT2D eigenvalue weighted by Crippen LogP contribution is -2.55. The van der Waals surface area contributed by atoms with Gasteiger partial charge in [0.2, 0.25) is 0 Å². The van der Waals surface area contributed by atoms with Crippen LogP contribution in [0.2, 0.25) is 0 Å². The van der Waals surface area contributed by atoms with Gasteiger partial charge in [-0.3, -0.25) is 5.32 Å². The highest BCUT2D eigenvalue weighted by atomic mass is 16.5. The Balaban J connectivity index is 1.83. The summed E-state index contributed by atoms with van der Waals surface area (Å²) in [6.07, 6.45) is 7.29. The molecule has 0 aliphatic heterocycles. The summed E-state index contributed by atoms with van der Waals surface area (Å²) in [5, 5.41) is 3.37. The normalized spacial score (nSPS) is 30.7. The van der Waals surface area contributed by atoms with Gasteiger partial charge in [0.1, 0.15) is 5.54 Å². The number of methoxy groups -OCH3 is 1. The topological polar surface area (TPSA) is 47.6 Å². The van der Waals surface area contributed by atoms with Crippen molar-refractivity contribution in [3.05, 3.63) is 0 Å². The Morgan fingerprint density at radius 2 is 1.84 bits per heavy atom. The van der Waals surface area contributed by atoms with Crippen LogP contribution < -0.4 is 5.32 Å². The van der Waals surface area contributed by atoms with Crippen molar-refractivity contribution in [1.82, 2.24) is 5.32 Å². The third-order valence-corrected chi connectivity index (χ3v) is 4.31. The molecule has 0 aromatic heterocycles. The number of carbonyl (C=O) groups is 1. The first kappa shape index (κ1) is 14.8. The van der Waals surface area contributed by atoms with Crippen molar-refractivity contribution in [2.45, 2.75) is 70.1 Å². The summed E-state index contributed by atoms with van der Waals surface area (Å²) in [6, 6.07) is 0.457. The van der Waals surface area contributed by atoms with Crippen molar-refractivity contribution in [2.24, 2.45) is 5.92 Å². The minimum absolute atomic E-state index is 0.219. The minimum atomic E-state index is -0.695. The third kappa shape index (κ3) is 4.18. The number of hydrogen-bond donors (Lipinski definition) is 1. The average molecular weight is 269 g/mol. The molecule has 110 valence electrons. The van der Waals surface area contributed by atoms with E-state index in [0.717, 1.165) is 31.6 Å². The minimum Gasteiger partial charge on any atom is -0.468 e. The molecular formula is C15H27NO3. The molecule has 4 heteroatoms. The summed E-state index contributed by atoms with van der Waals surface area (Å²) in [5.41, 5.74) is -0.695. The van der Waals surface area contributed by atoms with Gasteiger partial charge in [-0.25, -0.2) is 4.79 Å². The number of carbonyl (C=O) groups excluding carboxylic acids is 1. The molecule has 2 fully saturated rings. The highest BCUT2D eigenvalue weighted by Gasteiger charge is 2.40. The molecule has 0 saturated heterocycles. The fourth-order valence-corrected chi connectivity index (χ4v) is 2.74. The predicted octanol–water partition coefficient (Wildman–Crippen LogP) is 2.27. The van der Waals surface area contributed by atoms with E-state index in [-0.39, 0.29) is 5.97 Å². The van der Waals surface area contributed by atoms with E-state index in [1.807, 2.05) is 6.92 Å². The molecule has 1 unspecified atom stereocenters. The molecule has 2 saturated carbocycles. The molecular weight excluding hydrogens is 242 g/mol. The first-order valence-corrected chi connectivity index (χ1v) is 7.51. The van der Waals surface area contributed by atoms with Gasteiger partial charge in [0.25, 0.3) is 0 Å². The van der Waals surface area contributed by atoms with E-state index in [2.05, 4.69) is 12.2 Å². The lowest BCUT2D eigenvalue weighted by atomic mass is 9.89. The van der Waals surface area contributed by atoms with Crippen LogP contribution in [-0.4, -0.2) is 37.4 Å². The van der Waals surface area contributed by atoms with Gasteiger partial charge in [-0.2, -0.15) is 0 Å². The largest absolute Gasteiger partial charge is 0.468 e. The van der Waals surface area contributed by atoms with E-state index >= 15 is 0 Å². The van der Waals surface area contributed by atoms with Gasteiger partial charge in [0.15, 0.2) is 0 Å². The van der Waals surface area contributed by atoms with E-state index in [9.17, 15) is 4.79 Å². The van der Waals surface area contributed by atoms with Crippen LogP contribution in [0, 0.1) is 5.92 Å². The summed E-state index contributed by atoms with van der Waals surface area (Å²) in [7, 11) is 1.44. The predicted molar refractivity (Wildman–Crippen MR) is 74.0 cm³/mol. The molecule has 19 heavy (non-hydrogen) atoms. The van der Waals surface area contributed by atoms with E-state index in [1.54, 1.807) is 0 Å². The second kappa shape index (κ2) is 6.23. The van der Waals surface area contributed by atoms with Gasteiger partial charge in [0.05, 0.1) is 19.8 Å². The van der Waals surface area contributed by atoms with Crippen molar-refractivity contribution in [3.8, 4) is 0 Å². The summed E-state index contributed by atoms with van der Waals surface area (Å²) >= 11 is 0. The van der Waals surface area contributed by atoms with Crippen LogP contribution in [0.1, 0.15) is 52.4 Å². The highest BCUT2D eigenvalue weighted by molar-refractivity contribution is 5.80. The van der Waals surface area contributed by atoms with Crippen LogP contribution in [-0.2, 0) is 14.3 Å². The maximum Gasteiger partial charge on any atom is 0.328 e.